The zero-order valence-corrected chi connectivity index (χ0v) is 10.6. The van der Waals surface area contributed by atoms with Gasteiger partial charge in [-0.15, -0.1) is 0 Å². The third-order valence-electron chi connectivity index (χ3n) is 3.02. The summed E-state index contributed by atoms with van der Waals surface area (Å²) >= 11 is 0. The van der Waals surface area contributed by atoms with Gasteiger partial charge in [0.05, 0.1) is 12.0 Å². The van der Waals surface area contributed by atoms with Crippen molar-refractivity contribution in [3.05, 3.63) is 34.9 Å². The molecule has 0 radical (unpaired) electrons. The van der Waals surface area contributed by atoms with Crippen LogP contribution in [0.1, 0.15) is 53.6 Å². The van der Waals surface area contributed by atoms with E-state index in [4.69, 9.17) is 10.2 Å². The van der Waals surface area contributed by atoms with Crippen molar-refractivity contribution in [2.75, 3.05) is 0 Å². The second kappa shape index (κ2) is 6.19. The molecule has 1 aromatic carbocycles. The lowest BCUT2D eigenvalue weighted by Gasteiger charge is -2.15. The van der Waals surface area contributed by atoms with Crippen molar-refractivity contribution < 1.29 is 19.8 Å². The molecule has 18 heavy (non-hydrogen) atoms. The van der Waals surface area contributed by atoms with Gasteiger partial charge in [-0.2, -0.15) is 0 Å². The van der Waals surface area contributed by atoms with Crippen LogP contribution in [0.5, 0.6) is 0 Å². The van der Waals surface area contributed by atoms with E-state index in [9.17, 15) is 9.59 Å². The topological polar surface area (TPSA) is 74.6 Å². The molecule has 0 spiro atoms. The normalized spacial score (nSPS) is 12.1. The highest BCUT2D eigenvalue weighted by Gasteiger charge is 2.17. The molecule has 0 amide bonds. The van der Waals surface area contributed by atoms with Crippen LogP contribution in [0, 0.1) is 6.92 Å². The molecule has 0 aliphatic heterocycles. The monoisotopic (exact) mass is 250 g/mol. The number of carboxylic acid groups (broad SMARTS) is 2. The molecule has 1 rings (SSSR count). The van der Waals surface area contributed by atoms with E-state index in [1.165, 1.54) is 0 Å². The maximum absolute atomic E-state index is 11.1. The Hall–Kier alpha value is -1.84. The van der Waals surface area contributed by atoms with Crippen molar-refractivity contribution in [3.63, 3.8) is 0 Å². The van der Waals surface area contributed by atoms with E-state index in [-0.39, 0.29) is 17.9 Å². The summed E-state index contributed by atoms with van der Waals surface area (Å²) in [6.45, 7) is 3.72. The first kappa shape index (κ1) is 14.2. The van der Waals surface area contributed by atoms with Gasteiger partial charge in [-0.1, -0.05) is 25.5 Å². The second-order valence-electron chi connectivity index (χ2n) is 4.46. The molecule has 0 aliphatic rings. The van der Waals surface area contributed by atoms with Gasteiger partial charge >= 0.3 is 11.9 Å². The van der Waals surface area contributed by atoms with Gasteiger partial charge in [-0.25, -0.2) is 4.79 Å². The first-order valence-corrected chi connectivity index (χ1v) is 6.01. The smallest absolute Gasteiger partial charge is 0.335 e. The number of aliphatic carboxylic acids is 1. The van der Waals surface area contributed by atoms with Crippen LogP contribution >= 0.6 is 0 Å². The van der Waals surface area contributed by atoms with Crippen molar-refractivity contribution in [2.45, 2.75) is 39.0 Å². The van der Waals surface area contributed by atoms with E-state index < -0.39 is 11.9 Å². The SMILES string of the molecule is CCCC(CC(=O)O)c1ccc(C)c(C(=O)O)c1. The fourth-order valence-corrected chi connectivity index (χ4v) is 2.07. The van der Waals surface area contributed by atoms with E-state index in [0.717, 1.165) is 18.4 Å². The molecule has 0 heterocycles. The average Bonchev–Trinajstić information content (AvgIpc) is 2.28. The van der Waals surface area contributed by atoms with Crippen molar-refractivity contribution in [2.24, 2.45) is 0 Å². The predicted octanol–water partition coefficient (Wildman–Crippen LogP) is 3.05. The molecule has 0 bridgehead atoms. The number of aryl methyl sites for hydroxylation is 1. The Morgan fingerprint density at radius 3 is 2.44 bits per heavy atom. The van der Waals surface area contributed by atoms with Gasteiger partial charge in [-0.3, -0.25) is 4.79 Å². The van der Waals surface area contributed by atoms with Crippen LogP contribution in [-0.4, -0.2) is 22.2 Å². The van der Waals surface area contributed by atoms with Gasteiger partial charge in [0.25, 0.3) is 0 Å². The molecule has 0 saturated carbocycles. The predicted molar refractivity (Wildman–Crippen MR) is 68.0 cm³/mol. The molecule has 4 heteroatoms. The van der Waals surface area contributed by atoms with Gasteiger partial charge < -0.3 is 10.2 Å². The average molecular weight is 250 g/mol. The fourth-order valence-electron chi connectivity index (χ4n) is 2.07. The van der Waals surface area contributed by atoms with Crippen LogP contribution < -0.4 is 0 Å². The van der Waals surface area contributed by atoms with E-state index in [0.29, 0.717) is 5.56 Å². The van der Waals surface area contributed by atoms with Gasteiger partial charge in [0.2, 0.25) is 0 Å². The third kappa shape index (κ3) is 3.58. The van der Waals surface area contributed by atoms with Crippen LogP contribution in [0.3, 0.4) is 0 Å². The number of carboxylic acids is 2. The number of carbonyl (C=O) groups is 2. The summed E-state index contributed by atoms with van der Waals surface area (Å²) in [5, 5.41) is 18.0. The van der Waals surface area contributed by atoms with E-state index >= 15 is 0 Å². The molecule has 98 valence electrons. The van der Waals surface area contributed by atoms with Crippen LogP contribution in [0.4, 0.5) is 0 Å². The van der Waals surface area contributed by atoms with Crippen molar-refractivity contribution in [1.29, 1.82) is 0 Å². The minimum atomic E-state index is -0.972. The highest BCUT2D eigenvalue weighted by atomic mass is 16.4. The third-order valence-corrected chi connectivity index (χ3v) is 3.02. The van der Waals surface area contributed by atoms with Crippen LogP contribution in [-0.2, 0) is 4.79 Å². The largest absolute Gasteiger partial charge is 0.481 e. The Morgan fingerprint density at radius 1 is 1.28 bits per heavy atom. The summed E-state index contributed by atoms with van der Waals surface area (Å²) in [4.78, 5) is 21.9. The van der Waals surface area contributed by atoms with E-state index in [2.05, 4.69) is 0 Å². The highest BCUT2D eigenvalue weighted by molar-refractivity contribution is 5.89. The first-order valence-electron chi connectivity index (χ1n) is 6.01. The van der Waals surface area contributed by atoms with Crippen LogP contribution in [0.25, 0.3) is 0 Å². The molecular formula is C14H18O4. The number of hydrogen-bond acceptors (Lipinski definition) is 2. The number of aromatic carboxylic acids is 1. The van der Waals surface area contributed by atoms with Crippen molar-refractivity contribution in [1.82, 2.24) is 0 Å². The molecule has 1 atom stereocenters. The Morgan fingerprint density at radius 2 is 1.94 bits per heavy atom. The Kier molecular flexibility index (Phi) is 4.89. The zero-order valence-electron chi connectivity index (χ0n) is 10.6. The quantitative estimate of drug-likeness (QED) is 0.813. The minimum absolute atomic E-state index is 0.0377. The van der Waals surface area contributed by atoms with Gasteiger partial charge in [0.15, 0.2) is 0 Å². The molecule has 1 unspecified atom stereocenters. The Labute approximate surface area is 106 Å². The molecule has 0 fully saturated rings. The molecule has 2 N–H and O–H groups in total. The van der Waals surface area contributed by atoms with E-state index in [1.54, 1.807) is 19.1 Å². The van der Waals surface area contributed by atoms with Gasteiger partial charge in [-0.05, 0) is 36.5 Å². The fraction of sp³-hybridized carbons (Fsp3) is 0.429. The molecule has 0 aromatic heterocycles. The summed E-state index contributed by atoms with van der Waals surface area (Å²) in [5.41, 5.74) is 1.73. The highest BCUT2D eigenvalue weighted by Crippen LogP contribution is 2.26. The van der Waals surface area contributed by atoms with Gasteiger partial charge in [0.1, 0.15) is 0 Å². The summed E-state index contributed by atoms with van der Waals surface area (Å²) in [6, 6.07) is 5.16. The number of rotatable bonds is 6. The Bertz CT molecular complexity index is 451. The van der Waals surface area contributed by atoms with Crippen molar-refractivity contribution >= 4 is 11.9 Å². The lowest BCUT2D eigenvalue weighted by molar-refractivity contribution is -0.137. The second-order valence-corrected chi connectivity index (χ2v) is 4.46. The molecule has 1 aromatic rings. The molecular weight excluding hydrogens is 232 g/mol. The molecule has 0 saturated heterocycles. The Balaban J connectivity index is 3.08. The van der Waals surface area contributed by atoms with Crippen LogP contribution in [0.2, 0.25) is 0 Å². The zero-order chi connectivity index (χ0) is 13.7. The molecule has 4 nitrogen and oxygen atoms in total. The summed E-state index contributed by atoms with van der Waals surface area (Å²) in [6.07, 6.45) is 1.65. The summed E-state index contributed by atoms with van der Waals surface area (Å²) in [5.74, 6) is -1.95. The molecule has 0 aliphatic carbocycles. The van der Waals surface area contributed by atoms with Crippen LogP contribution in [0.15, 0.2) is 18.2 Å². The lowest BCUT2D eigenvalue weighted by atomic mass is 9.89. The first-order chi connectivity index (χ1) is 8.45. The maximum Gasteiger partial charge on any atom is 0.335 e. The number of benzene rings is 1. The van der Waals surface area contributed by atoms with Crippen molar-refractivity contribution in [3.8, 4) is 0 Å². The lowest BCUT2D eigenvalue weighted by Crippen LogP contribution is -2.08. The minimum Gasteiger partial charge on any atom is -0.481 e. The summed E-state index contributed by atoms with van der Waals surface area (Å²) in [7, 11) is 0. The van der Waals surface area contributed by atoms with Gasteiger partial charge in [0, 0.05) is 0 Å². The summed E-state index contributed by atoms with van der Waals surface area (Å²) < 4.78 is 0. The standard InChI is InChI=1S/C14H18O4/c1-3-4-10(8-13(15)16)11-6-5-9(2)12(7-11)14(17)18/h5-7,10H,3-4,8H2,1-2H3,(H,15,16)(H,17,18). The van der Waals surface area contributed by atoms with E-state index in [1.807, 2.05) is 13.0 Å². The number of hydrogen-bond donors (Lipinski definition) is 2. The maximum atomic E-state index is 11.1.